The number of aromatic amines is 1. The summed E-state index contributed by atoms with van der Waals surface area (Å²) in [6.45, 7) is 1.44. The lowest BCUT2D eigenvalue weighted by atomic mass is 10.4. The highest BCUT2D eigenvalue weighted by molar-refractivity contribution is 7.71. The molecular weight excluding hydrogens is 186 g/mol. The first-order chi connectivity index (χ1) is 6.27. The Bertz CT molecular complexity index is 367. The van der Waals surface area contributed by atoms with E-state index in [2.05, 4.69) is 4.98 Å². The first-order valence-corrected chi connectivity index (χ1v) is 4.70. The van der Waals surface area contributed by atoms with E-state index in [-0.39, 0.29) is 5.91 Å². The molecule has 0 radical (unpaired) electrons. The van der Waals surface area contributed by atoms with E-state index in [0.29, 0.717) is 17.9 Å². The second-order valence-corrected chi connectivity index (χ2v) is 3.52. The van der Waals surface area contributed by atoms with Crippen LogP contribution in [0.5, 0.6) is 0 Å². The molecule has 0 saturated carbocycles. The van der Waals surface area contributed by atoms with Gasteiger partial charge in [-0.1, -0.05) is 0 Å². The van der Waals surface area contributed by atoms with Crippen LogP contribution in [0.2, 0.25) is 0 Å². The third-order valence-corrected chi connectivity index (χ3v) is 2.57. The fourth-order valence-electron chi connectivity index (χ4n) is 1.50. The predicted octanol–water partition coefficient (Wildman–Crippen LogP) is 1.13. The van der Waals surface area contributed by atoms with Crippen LogP contribution >= 0.6 is 12.2 Å². The standard InChI is InChI=1S/C8H11N3OS/c12-7-2-1-4-10(7)6-11-5-3-9-8(11)13/h3,5H,1-2,4,6H2,(H,9,13). The molecule has 1 saturated heterocycles. The molecule has 1 aromatic heterocycles. The van der Waals surface area contributed by atoms with Gasteiger partial charge in [0, 0.05) is 25.4 Å². The Kier molecular flexibility index (Phi) is 2.18. The highest BCUT2D eigenvalue weighted by Crippen LogP contribution is 2.10. The third kappa shape index (κ3) is 1.65. The molecule has 1 amide bonds. The fourth-order valence-corrected chi connectivity index (χ4v) is 1.68. The molecule has 4 nitrogen and oxygen atoms in total. The summed E-state index contributed by atoms with van der Waals surface area (Å²) in [6.07, 6.45) is 5.28. The Hall–Kier alpha value is -1.10. The Morgan fingerprint density at radius 1 is 1.62 bits per heavy atom. The van der Waals surface area contributed by atoms with Crippen LogP contribution in [0.15, 0.2) is 12.4 Å². The second kappa shape index (κ2) is 3.33. The number of carbonyl (C=O) groups excluding carboxylic acids is 1. The summed E-state index contributed by atoms with van der Waals surface area (Å²) < 4.78 is 2.53. The van der Waals surface area contributed by atoms with Crippen LogP contribution in [0.3, 0.4) is 0 Å². The quantitative estimate of drug-likeness (QED) is 0.722. The van der Waals surface area contributed by atoms with Gasteiger partial charge >= 0.3 is 0 Å². The van der Waals surface area contributed by atoms with Crippen molar-refractivity contribution in [3.05, 3.63) is 17.2 Å². The Morgan fingerprint density at radius 3 is 3.00 bits per heavy atom. The molecule has 0 unspecified atom stereocenters. The van der Waals surface area contributed by atoms with E-state index in [1.165, 1.54) is 0 Å². The minimum Gasteiger partial charge on any atom is -0.337 e. The molecule has 2 heterocycles. The zero-order chi connectivity index (χ0) is 9.26. The number of imidazole rings is 1. The monoisotopic (exact) mass is 197 g/mol. The first kappa shape index (κ1) is 8.50. The van der Waals surface area contributed by atoms with E-state index in [4.69, 9.17) is 12.2 Å². The lowest BCUT2D eigenvalue weighted by Gasteiger charge is -2.15. The van der Waals surface area contributed by atoms with Crippen LogP contribution < -0.4 is 0 Å². The molecule has 1 aliphatic heterocycles. The summed E-state index contributed by atoms with van der Waals surface area (Å²) in [5.41, 5.74) is 0. The number of aromatic nitrogens is 2. The molecule has 0 atom stereocenters. The lowest BCUT2D eigenvalue weighted by molar-refractivity contribution is -0.129. The van der Waals surface area contributed by atoms with E-state index in [0.717, 1.165) is 13.0 Å². The molecule has 0 bridgehead atoms. The van der Waals surface area contributed by atoms with Crippen LogP contribution in [0.25, 0.3) is 0 Å². The zero-order valence-electron chi connectivity index (χ0n) is 7.19. The Labute approximate surface area is 81.2 Å². The van der Waals surface area contributed by atoms with Crippen LogP contribution in [0, 0.1) is 4.77 Å². The molecule has 0 aliphatic carbocycles. The van der Waals surface area contributed by atoms with Crippen molar-refractivity contribution >= 4 is 18.1 Å². The van der Waals surface area contributed by atoms with Crippen LogP contribution in [-0.2, 0) is 11.5 Å². The van der Waals surface area contributed by atoms with Gasteiger partial charge in [-0.15, -0.1) is 0 Å². The molecule has 1 aromatic rings. The van der Waals surface area contributed by atoms with Crippen molar-refractivity contribution in [3.63, 3.8) is 0 Å². The maximum Gasteiger partial charge on any atom is 0.224 e. The number of hydrogen-bond donors (Lipinski definition) is 1. The smallest absolute Gasteiger partial charge is 0.224 e. The number of nitrogens with one attached hydrogen (secondary N) is 1. The third-order valence-electron chi connectivity index (χ3n) is 2.22. The minimum atomic E-state index is 0.225. The van der Waals surface area contributed by atoms with Gasteiger partial charge in [0.2, 0.25) is 5.91 Å². The first-order valence-electron chi connectivity index (χ1n) is 4.29. The molecule has 5 heteroatoms. The van der Waals surface area contributed by atoms with Crippen molar-refractivity contribution in [1.82, 2.24) is 14.5 Å². The molecule has 0 aromatic carbocycles. The number of amides is 1. The maximum absolute atomic E-state index is 11.3. The van der Waals surface area contributed by atoms with Crippen LogP contribution in [-0.4, -0.2) is 26.9 Å². The Balaban J connectivity index is 2.10. The fraction of sp³-hybridized carbons (Fsp3) is 0.500. The molecule has 1 N–H and O–H groups in total. The largest absolute Gasteiger partial charge is 0.337 e. The van der Waals surface area contributed by atoms with Gasteiger partial charge in [0.15, 0.2) is 4.77 Å². The highest BCUT2D eigenvalue weighted by atomic mass is 32.1. The summed E-state index contributed by atoms with van der Waals surface area (Å²) >= 11 is 5.03. The maximum atomic E-state index is 11.3. The summed E-state index contributed by atoms with van der Waals surface area (Å²) in [6, 6.07) is 0. The van der Waals surface area contributed by atoms with E-state index in [1.54, 1.807) is 6.20 Å². The van der Waals surface area contributed by atoms with Gasteiger partial charge < -0.3 is 14.5 Å². The Morgan fingerprint density at radius 2 is 2.46 bits per heavy atom. The van der Waals surface area contributed by atoms with E-state index in [9.17, 15) is 4.79 Å². The highest BCUT2D eigenvalue weighted by Gasteiger charge is 2.19. The summed E-state index contributed by atoms with van der Waals surface area (Å²) in [4.78, 5) is 16.0. The number of rotatable bonds is 2. The van der Waals surface area contributed by atoms with Gasteiger partial charge in [0.25, 0.3) is 0 Å². The van der Waals surface area contributed by atoms with E-state index < -0.39 is 0 Å². The topological polar surface area (TPSA) is 41.0 Å². The number of hydrogen-bond acceptors (Lipinski definition) is 2. The van der Waals surface area contributed by atoms with Gasteiger partial charge in [0.1, 0.15) is 0 Å². The van der Waals surface area contributed by atoms with Crippen molar-refractivity contribution in [2.24, 2.45) is 0 Å². The summed E-state index contributed by atoms with van der Waals surface area (Å²) in [5, 5.41) is 0. The molecule has 1 aliphatic rings. The average molecular weight is 197 g/mol. The van der Waals surface area contributed by atoms with Gasteiger partial charge in [-0.2, -0.15) is 0 Å². The number of likely N-dealkylation sites (tertiary alicyclic amines) is 1. The zero-order valence-corrected chi connectivity index (χ0v) is 8.01. The van der Waals surface area contributed by atoms with Crippen LogP contribution in [0.4, 0.5) is 0 Å². The van der Waals surface area contributed by atoms with Crippen LogP contribution in [0.1, 0.15) is 12.8 Å². The molecule has 1 fully saturated rings. The van der Waals surface area contributed by atoms with E-state index >= 15 is 0 Å². The molecule has 70 valence electrons. The van der Waals surface area contributed by atoms with Gasteiger partial charge in [-0.05, 0) is 18.6 Å². The average Bonchev–Trinajstić information content (AvgIpc) is 2.65. The van der Waals surface area contributed by atoms with Gasteiger partial charge in [0.05, 0.1) is 6.67 Å². The van der Waals surface area contributed by atoms with Crippen molar-refractivity contribution in [1.29, 1.82) is 0 Å². The minimum absolute atomic E-state index is 0.225. The molecular formula is C8H11N3OS. The summed E-state index contributed by atoms with van der Waals surface area (Å²) in [5.74, 6) is 0.225. The number of carbonyl (C=O) groups is 1. The van der Waals surface area contributed by atoms with Crippen molar-refractivity contribution in [2.75, 3.05) is 6.54 Å². The normalized spacial score (nSPS) is 16.9. The number of nitrogens with zero attached hydrogens (tertiary/aromatic N) is 2. The van der Waals surface area contributed by atoms with E-state index in [1.807, 2.05) is 15.7 Å². The lowest BCUT2D eigenvalue weighted by Crippen LogP contribution is -2.27. The van der Waals surface area contributed by atoms with Crippen molar-refractivity contribution in [2.45, 2.75) is 19.5 Å². The SMILES string of the molecule is O=C1CCCN1Cn1cc[nH]c1=S. The molecule has 2 rings (SSSR count). The number of H-pyrrole nitrogens is 1. The van der Waals surface area contributed by atoms with Gasteiger partial charge in [-0.3, -0.25) is 4.79 Å². The van der Waals surface area contributed by atoms with Crippen molar-refractivity contribution < 1.29 is 4.79 Å². The van der Waals surface area contributed by atoms with Crippen molar-refractivity contribution in [3.8, 4) is 0 Å². The second-order valence-electron chi connectivity index (χ2n) is 3.14. The molecule has 0 spiro atoms. The summed E-state index contributed by atoms with van der Waals surface area (Å²) in [7, 11) is 0. The molecule has 13 heavy (non-hydrogen) atoms. The predicted molar refractivity (Wildman–Crippen MR) is 50.6 cm³/mol. The van der Waals surface area contributed by atoms with Gasteiger partial charge in [-0.25, -0.2) is 0 Å².